The van der Waals surface area contributed by atoms with Gasteiger partial charge in [-0.15, -0.1) is 0 Å². The molecule has 1 unspecified atom stereocenters. The van der Waals surface area contributed by atoms with Gasteiger partial charge in [-0.1, -0.05) is 23.2 Å². The Kier molecular flexibility index (Phi) is 7.23. The van der Waals surface area contributed by atoms with Crippen LogP contribution in [0.25, 0.3) is 0 Å². The Balaban J connectivity index is 1.80. The van der Waals surface area contributed by atoms with Crippen LogP contribution in [0.5, 0.6) is 5.75 Å². The maximum Gasteiger partial charge on any atom is 0.410 e. The minimum atomic E-state index is -0.701. The largest absolute Gasteiger partial charge is 0.479 e. The highest BCUT2D eigenvalue weighted by molar-refractivity contribution is 6.35. The molecule has 1 N–H and O–H groups in total. The van der Waals surface area contributed by atoms with Crippen LogP contribution in [0, 0.1) is 0 Å². The van der Waals surface area contributed by atoms with Gasteiger partial charge < -0.3 is 19.7 Å². The second-order valence-corrected chi connectivity index (χ2v) is 8.43. The van der Waals surface area contributed by atoms with Gasteiger partial charge in [0.2, 0.25) is 0 Å². The van der Waals surface area contributed by atoms with Gasteiger partial charge in [0, 0.05) is 24.2 Å². The van der Waals surface area contributed by atoms with Crippen molar-refractivity contribution < 1.29 is 19.1 Å². The second kappa shape index (κ2) is 9.02. The van der Waals surface area contributed by atoms with Gasteiger partial charge in [0.25, 0.3) is 5.91 Å². The van der Waals surface area contributed by atoms with Crippen LogP contribution in [-0.2, 0) is 9.53 Å². The van der Waals surface area contributed by atoms with Gasteiger partial charge in [0.1, 0.15) is 11.4 Å². The molecule has 0 aliphatic carbocycles. The smallest absolute Gasteiger partial charge is 0.410 e. The molecule has 1 aliphatic heterocycles. The normalized spacial score (nSPS) is 16.6. The highest BCUT2D eigenvalue weighted by Gasteiger charge is 2.28. The van der Waals surface area contributed by atoms with Crippen molar-refractivity contribution in [2.45, 2.75) is 58.3 Å². The van der Waals surface area contributed by atoms with Crippen molar-refractivity contribution in [1.82, 2.24) is 10.2 Å². The summed E-state index contributed by atoms with van der Waals surface area (Å²) in [6.45, 7) is 8.26. The van der Waals surface area contributed by atoms with E-state index in [4.69, 9.17) is 32.7 Å². The zero-order valence-electron chi connectivity index (χ0n) is 16.1. The van der Waals surface area contributed by atoms with Crippen LogP contribution in [0.4, 0.5) is 4.79 Å². The molecule has 1 atom stereocenters. The first-order chi connectivity index (χ1) is 12.5. The molecule has 1 aliphatic rings. The Morgan fingerprint density at radius 1 is 1.22 bits per heavy atom. The summed E-state index contributed by atoms with van der Waals surface area (Å²) in [6, 6.07) is 4.84. The predicted octanol–water partition coefficient (Wildman–Crippen LogP) is 4.28. The molecule has 0 spiro atoms. The first-order valence-corrected chi connectivity index (χ1v) is 9.71. The van der Waals surface area contributed by atoms with Crippen LogP contribution in [-0.4, -0.2) is 47.7 Å². The van der Waals surface area contributed by atoms with E-state index in [-0.39, 0.29) is 18.0 Å². The number of rotatable bonds is 4. The molecular weight excluding hydrogens is 391 g/mol. The Bertz CT molecular complexity index is 683. The molecule has 1 fully saturated rings. The van der Waals surface area contributed by atoms with Gasteiger partial charge in [-0.2, -0.15) is 0 Å². The van der Waals surface area contributed by atoms with Crippen molar-refractivity contribution >= 4 is 35.2 Å². The van der Waals surface area contributed by atoms with Crippen LogP contribution in [0.15, 0.2) is 18.2 Å². The van der Waals surface area contributed by atoms with E-state index >= 15 is 0 Å². The summed E-state index contributed by atoms with van der Waals surface area (Å²) in [5.74, 6) is 0.181. The molecular formula is C19H26Cl2N2O4. The lowest BCUT2D eigenvalue weighted by Crippen LogP contribution is -2.50. The van der Waals surface area contributed by atoms with Crippen molar-refractivity contribution in [3.8, 4) is 5.75 Å². The van der Waals surface area contributed by atoms with Crippen LogP contribution in [0.1, 0.15) is 40.5 Å². The second-order valence-electron chi connectivity index (χ2n) is 7.59. The fourth-order valence-electron chi connectivity index (χ4n) is 2.67. The molecule has 1 aromatic rings. The van der Waals surface area contributed by atoms with Crippen molar-refractivity contribution in [3.05, 3.63) is 28.2 Å². The van der Waals surface area contributed by atoms with Crippen molar-refractivity contribution in [3.63, 3.8) is 0 Å². The number of benzene rings is 1. The first kappa shape index (κ1) is 21.6. The van der Waals surface area contributed by atoms with Gasteiger partial charge in [0.05, 0.1) is 5.02 Å². The average molecular weight is 417 g/mol. The number of likely N-dealkylation sites (tertiary alicyclic amines) is 1. The maximum absolute atomic E-state index is 12.4. The summed E-state index contributed by atoms with van der Waals surface area (Å²) in [6.07, 6.45) is 0.313. The van der Waals surface area contributed by atoms with Gasteiger partial charge in [-0.3, -0.25) is 4.79 Å². The molecule has 27 heavy (non-hydrogen) atoms. The maximum atomic E-state index is 12.4. The van der Waals surface area contributed by atoms with E-state index in [1.165, 1.54) is 0 Å². The number of piperidine rings is 1. The number of amides is 2. The summed E-state index contributed by atoms with van der Waals surface area (Å²) < 4.78 is 11.0. The Morgan fingerprint density at radius 2 is 1.85 bits per heavy atom. The third-order valence-corrected chi connectivity index (χ3v) is 4.59. The molecule has 2 rings (SSSR count). The fraction of sp³-hybridized carbons (Fsp3) is 0.579. The Hall–Kier alpha value is -1.66. The quantitative estimate of drug-likeness (QED) is 0.794. The molecule has 0 aromatic heterocycles. The van der Waals surface area contributed by atoms with E-state index in [0.717, 1.165) is 0 Å². The topological polar surface area (TPSA) is 67.9 Å². The van der Waals surface area contributed by atoms with Gasteiger partial charge in [-0.05, 0) is 58.7 Å². The fourth-order valence-corrected chi connectivity index (χ4v) is 3.12. The molecule has 6 nitrogen and oxygen atoms in total. The van der Waals surface area contributed by atoms with E-state index in [2.05, 4.69) is 5.32 Å². The summed E-state index contributed by atoms with van der Waals surface area (Å²) in [7, 11) is 0. The summed E-state index contributed by atoms with van der Waals surface area (Å²) in [5, 5.41) is 3.82. The number of ether oxygens (including phenoxy) is 2. The van der Waals surface area contributed by atoms with E-state index in [1.54, 1.807) is 30.0 Å². The van der Waals surface area contributed by atoms with Crippen molar-refractivity contribution in [1.29, 1.82) is 0 Å². The van der Waals surface area contributed by atoms with Crippen LogP contribution < -0.4 is 10.1 Å². The standard InChI is InChI=1S/C19H26Cl2N2O4/c1-12(26-16-6-5-13(20)11-15(16)21)17(24)22-14-7-9-23(10-8-14)18(25)27-19(2,3)4/h5-6,11-12,14H,7-10H2,1-4H3,(H,22,24). The zero-order valence-corrected chi connectivity index (χ0v) is 17.6. The molecule has 0 radical (unpaired) electrons. The number of carbonyl (C=O) groups excluding carboxylic acids is 2. The predicted molar refractivity (Wildman–Crippen MR) is 106 cm³/mol. The first-order valence-electron chi connectivity index (χ1n) is 8.95. The highest BCUT2D eigenvalue weighted by Crippen LogP contribution is 2.28. The minimum absolute atomic E-state index is 0.0112. The van der Waals surface area contributed by atoms with Gasteiger partial charge in [-0.25, -0.2) is 4.79 Å². The minimum Gasteiger partial charge on any atom is -0.479 e. The van der Waals surface area contributed by atoms with Crippen LogP contribution in [0.2, 0.25) is 10.0 Å². The molecule has 150 valence electrons. The van der Waals surface area contributed by atoms with Crippen LogP contribution in [0.3, 0.4) is 0 Å². The lowest BCUT2D eigenvalue weighted by atomic mass is 10.1. The summed E-state index contributed by atoms with van der Waals surface area (Å²) in [5.41, 5.74) is -0.516. The third-order valence-electron chi connectivity index (χ3n) is 4.06. The SMILES string of the molecule is CC(Oc1ccc(Cl)cc1Cl)C(=O)NC1CCN(C(=O)OC(C)(C)C)CC1. The van der Waals surface area contributed by atoms with Gasteiger partial charge >= 0.3 is 6.09 Å². The Labute approximate surface area is 170 Å². The number of halogens is 2. The number of nitrogens with one attached hydrogen (secondary N) is 1. The van der Waals surface area contributed by atoms with Crippen molar-refractivity contribution in [2.24, 2.45) is 0 Å². The van der Waals surface area contributed by atoms with Crippen LogP contribution >= 0.6 is 23.2 Å². The van der Waals surface area contributed by atoms with Crippen molar-refractivity contribution in [2.75, 3.05) is 13.1 Å². The van der Waals surface area contributed by atoms with E-state index < -0.39 is 11.7 Å². The van der Waals surface area contributed by atoms with E-state index in [9.17, 15) is 9.59 Å². The van der Waals surface area contributed by atoms with E-state index in [0.29, 0.717) is 41.7 Å². The number of hydrogen-bond donors (Lipinski definition) is 1. The number of carbonyl (C=O) groups is 2. The molecule has 2 amide bonds. The molecule has 1 aromatic carbocycles. The lowest BCUT2D eigenvalue weighted by molar-refractivity contribution is -0.128. The monoisotopic (exact) mass is 416 g/mol. The number of nitrogens with zero attached hydrogens (tertiary/aromatic N) is 1. The lowest BCUT2D eigenvalue weighted by Gasteiger charge is -2.34. The molecule has 8 heteroatoms. The summed E-state index contributed by atoms with van der Waals surface area (Å²) in [4.78, 5) is 26.1. The van der Waals surface area contributed by atoms with Gasteiger partial charge in [0.15, 0.2) is 6.10 Å². The molecule has 0 bridgehead atoms. The average Bonchev–Trinajstić information content (AvgIpc) is 2.56. The highest BCUT2D eigenvalue weighted by atomic mass is 35.5. The molecule has 1 saturated heterocycles. The van der Waals surface area contributed by atoms with E-state index in [1.807, 2.05) is 20.8 Å². The zero-order chi connectivity index (χ0) is 20.2. The molecule has 1 heterocycles. The molecule has 0 saturated carbocycles. The summed E-state index contributed by atoms with van der Waals surface area (Å²) >= 11 is 11.9. The Morgan fingerprint density at radius 3 is 2.41 bits per heavy atom. The number of hydrogen-bond acceptors (Lipinski definition) is 4. The third kappa shape index (κ3) is 6.78.